The van der Waals surface area contributed by atoms with Crippen LogP contribution in [0.25, 0.3) is 11.6 Å². The van der Waals surface area contributed by atoms with Gasteiger partial charge in [0, 0.05) is 0 Å². The van der Waals surface area contributed by atoms with E-state index in [1.54, 1.807) is 0 Å². The molecule has 0 aliphatic rings. The van der Waals surface area contributed by atoms with Gasteiger partial charge >= 0.3 is 0 Å². The number of hydrogen-bond donors (Lipinski definition) is 0. The molecule has 2 rings (SSSR count). The van der Waals surface area contributed by atoms with Gasteiger partial charge in [-0.2, -0.15) is 0 Å². The van der Waals surface area contributed by atoms with Crippen molar-refractivity contribution in [2.24, 2.45) is 0 Å². The van der Waals surface area contributed by atoms with Crippen LogP contribution in [0, 0.1) is 0 Å². The topological polar surface area (TPSA) is 0 Å². The number of rotatable bonds is 5. The van der Waals surface area contributed by atoms with Gasteiger partial charge in [-0.25, -0.2) is 0 Å². The molecule has 0 saturated carbocycles. The summed E-state index contributed by atoms with van der Waals surface area (Å²) < 4.78 is 0. The zero-order valence-corrected chi connectivity index (χ0v) is 11.0. The van der Waals surface area contributed by atoms with E-state index < -0.39 is 0 Å². The van der Waals surface area contributed by atoms with Crippen LogP contribution in [-0.4, -0.2) is 0 Å². The molecule has 0 fully saturated rings. The lowest BCUT2D eigenvalue weighted by atomic mass is 9.98. The monoisotopic (exact) mass is 236 g/mol. The molecule has 0 aromatic heterocycles. The maximum absolute atomic E-state index is 2.31. The molecule has 0 heteroatoms. The summed E-state index contributed by atoms with van der Waals surface area (Å²) in [5.74, 6) is 0. The summed E-state index contributed by atoms with van der Waals surface area (Å²) in [5.41, 5.74) is 4.06. The second-order valence-electron chi connectivity index (χ2n) is 4.55. The summed E-state index contributed by atoms with van der Waals surface area (Å²) >= 11 is 0. The average Bonchev–Trinajstić information content (AvgIpc) is 2.45. The van der Waals surface area contributed by atoms with Crippen molar-refractivity contribution < 1.29 is 0 Å². The molecule has 0 heterocycles. The second-order valence-corrected chi connectivity index (χ2v) is 4.55. The molecule has 18 heavy (non-hydrogen) atoms. The first-order chi connectivity index (χ1) is 8.90. The van der Waals surface area contributed by atoms with E-state index in [9.17, 15) is 0 Å². The van der Waals surface area contributed by atoms with Crippen molar-refractivity contribution in [3.8, 4) is 0 Å². The highest BCUT2D eigenvalue weighted by atomic mass is 14.1. The van der Waals surface area contributed by atoms with E-state index in [1.165, 1.54) is 29.5 Å². The summed E-state index contributed by atoms with van der Waals surface area (Å²) in [6.45, 7) is 2.24. The Kier molecular flexibility index (Phi) is 4.78. The van der Waals surface area contributed by atoms with Crippen molar-refractivity contribution in [3.63, 3.8) is 0 Å². The molecule has 0 saturated heterocycles. The lowest BCUT2D eigenvalue weighted by molar-refractivity contribution is 0.825. The van der Waals surface area contributed by atoms with Crippen molar-refractivity contribution in [2.45, 2.75) is 26.2 Å². The molecule has 0 unspecified atom stereocenters. The quantitative estimate of drug-likeness (QED) is 0.608. The van der Waals surface area contributed by atoms with E-state index in [2.05, 4.69) is 73.7 Å². The highest BCUT2D eigenvalue weighted by molar-refractivity contribution is 5.81. The summed E-state index contributed by atoms with van der Waals surface area (Å²) in [7, 11) is 0. The first-order valence-electron chi connectivity index (χ1n) is 6.71. The largest absolute Gasteiger partial charge is 0.0654 e. The molecule has 0 bridgehead atoms. The van der Waals surface area contributed by atoms with E-state index in [0.29, 0.717) is 0 Å². The van der Waals surface area contributed by atoms with Crippen LogP contribution < -0.4 is 0 Å². The first kappa shape index (κ1) is 12.6. The summed E-state index contributed by atoms with van der Waals surface area (Å²) in [6, 6.07) is 21.3. The molecular weight excluding hydrogens is 216 g/mol. The van der Waals surface area contributed by atoms with Gasteiger partial charge in [0.2, 0.25) is 0 Å². The van der Waals surface area contributed by atoms with Crippen LogP contribution in [0.15, 0.2) is 60.7 Å². The highest BCUT2D eigenvalue weighted by Gasteiger charge is 2.00. The summed E-state index contributed by atoms with van der Waals surface area (Å²) in [4.78, 5) is 0. The zero-order chi connectivity index (χ0) is 12.6. The molecule has 0 atom stereocenters. The van der Waals surface area contributed by atoms with Crippen LogP contribution in [0.1, 0.15) is 37.3 Å². The predicted octanol–water partition coefficient (Wildman–Crippen LogP) is 5.42. The van der Waals surface area contributed by atoms with Crippen LogP contribution >= 0.6 is 0 Å². The normalized spacial score (nSPS) is 11.5. The smallest absolute Gasteiger partial charge is 0.0224 e. The molecular formula is C18H20. The zero-order valence-electron chi connectivity index (χ0n) is 11.0. The standard InChI is InChI=1S/C18H20/c1-2-3-12-18(17-13-8-5-9-14-17)15-16-10-6-4-7-11-16/h4-11,13-15H,2-3,12H2,1H3/b18-15+. The maximum Gasteiger partial charge on any atom is -0.0224 e. The molecule has 92 valence electrons. The average molecular weight is 236 g/mol. The van der Waals surface area contributed by atoms with Gasteiger partial charge in [0.25, 0.3) is 0 Å². The van der Waals surface area contributed by atoms with Gasteiger partial charge in [0.05, 0.1) is 0 Å². The fourth-order valence-corrected chi connectivity index (χ4v) is 2.07. The van der Waals surface area contributed by atoms with Crippen LogP contribution in [0.2, 0.25) is 0 Å². The third-order valence-electron chi connectivity index (χ3n) is 3.08. The van der Waals surface area contributed by atoms with Crippen molar-refractivity contribution >= 4 is 11.6 Å². The molecule has 0 N–H and O–H groups in total. The number of hydrogen-bond acceptors (Lipinski definition) is 0. The Morgan fingerprint density at radius 3 is 2.11 bits per heavy atom. The van der Waals surface area contributed by atoms with Crippen LogP contribution in [0.4, 0.5) is 0 Å². The Morgan fingerprint density at radius 2 is 1.50 bits per heavy atom. The molecule has 0 amide bonds. The van der Waals surface area contributed by atoms with Crippen LogP contribution in [-0.2, 0) is 0 Å². The molecule has 2 aromatic rings. The van der Waals surface area contributed by atoms with E-state index in [1.807, 2.05) is 0 Å². The molecule has 0 aliphatic heterocycles. The van der Waals surface area contributed by atoms with Gasteiger partial charge < -0.3 is 0 Å². The van der Waals surface area contributed by atoms with E-state index >= 15 is 0 Å². The van der Waals surface area contributed by atoms with Gasteiger partial charge in [0.15, 0.2) is 0 Å². The SMILES string of the molecule is CCCC/C(=C\c1ccccc1)c1ccccc1. The Labute approximate surface area is 110 Å². The van der Waals surface area contributed by atoms with Gasteiger partial charge in [-0.1, -0.05) is 80.1 Å². The number of benzene rings is 2. The third kappa shape index (κ3) is 3.59. The molecule has 0 radical (unpaired) electrons. The Balaban J connectivity index is 2.28. The molecule has 0 aliphatic carbocycles. The Morgan fingerprint density at radius 1 is 0.889 bits per heavy atom. The van der Waals surface area contributed by atoms with Gasteiger partial charge in [-0.15, -0.1) is 0 Å². The second kappa shape index (κ2) is 6.80. The van der Waals surface area contributed by atoms with E-state index in [-0.39, 0.29) is 0 Å². The fourth-order valence-electron chi connectivity index (χ4n) is 2.07. The van der Waals surface area contributed by atoms with Crippen molar-refractivity contribution in [3.05, 3.63) is 71.8 Å². The summed E-state index contributed by atoms with van der Waals surface area (Å²) in [6.07, 6.45) is 5.94. The van der Waals surface area contributed by atoms with Crippen LogP contribution in [0.3, 0.4) is 0 Å². The van der Waals surface area contributed by atoms with Crippen LogP contribution in [0.5, 0.6) is 0 Å². The van der Waals surface area contributed by atoms with Gasteiger partial charge in [-0.3, -0.25) is 0 Å². The minimum absolute atomic E-state index is 1.15. The molecule has 0 nitrogen and oxygen atoms in total. The maximum atomic E-state index is 2.31. The Hall–Kier alpha value is -1.82. The predicted molar refractivity (Wildman–Crippen MR) is 80.3 cm³/mol. The fraction of sp³-hybridized carbons (Fsp3) is 0.222. The number of allylic oxidation sites excluding steroid dienone is 1. The van der Waals surface area contributed by atoms with Crippen molar-refractivity contribution in [1.82, 2.24) is 0 Å². The van der Waals surface area contributed by atoms with Crippen molar-refractivity contribution in [2.75, 3.05) is 0 Å². The number of unbranched alkanes of at least 4 members (excludes halogenated alkanes) is 1. The van der Waals surface area contributed by atoms with Crippen molar-refractivity contribution in [1.29, 1.82) is 0 Å². The third-order valence-corrected chi connectivity index (χ3v) is 3.08. The minimum Gasteiger partial charge on any atom is -0.0654 e. The lowest BCUT2D eigenvalue weighted by Crippen LogP contribution is -1.85. The molecule has 2 aromatic carbocycles. The summed E-state index contributed by atoms with van der Waals surface area (Å²) in [5, 5.41) is 0. The minimum atomic E-state index is 1.15. The van der Waals surface area contributed by atoms with E-state index in [0.717, 1.165) is 6.42 Å². The lowest BCUT2D eigenvalue weighted by Gasteiger charge is -2.07. The Bertz CT molecular complexity index is 480. The highest BCUT2D eigenvalue weighted by Crippen LogP contribution is 2.23. The molecule has 0 spiro atoms. The van der Waals surface area contributed by atoms with Gasteiger partial charge in [0.1, 0.15) is 0 Å². The first-order valence-corrected chi connectivity index (χ1v) is 6.71. The van der Waals surface area contributed by atoms with E-state index in [4.69, 9.17) is 0 Å². The van der Waals surface area contributed by atoms with Gasteiger partial charge in [-0.05, 0) is 29.5 Å².